The number of aromatic nitrogens is 6. The third-order valence-electron chi connectivity index (χ3n) is 13.5. The Balaban J connectivity index is 0.000000583. The minimum absolute atomic E-state index is 0.215. The van der Waals surface area contributed by atoms with Crippen LogP contribution in [0.4, 0.5) is 0 Å². The summed E-state index contributed by atoms with van der Waals surface area (Å²) in [6.07, 6.45) is 7.61. The summed E-state index contributed by atoms with van der Waals surface area (Å²) in [6, 6.07) is 4.38. The molecule has 0 saturated heterocycles. The predicted octanol–water partition coefficient (Wildman–Crippen LogP) is 5.59. The van der Waals surface area contributed by atoms with Gasteiger partial charge >= 0.3 is 35.7 Å². The van der Waals surface area contributed by atoms with Crippen molar-refractivity contribution in [2.24, 2.45) is 0 Å². The van der Waals surface area contributed by atoms with Gasteiger partial charge < -0.3 is 107 Å². The first-order valence-corrected chi connectivity index (χ1v) is 31.8. The number of ether oxygens (including phenoxy) is 6. The van der Waals surface area contributed by atoms with E-state index in [0.717, 1.165) is 90.6 Å². The van der Waals surface area contributed by atoms with Crippen LogP contribution in [0, 0.1) is 20.8 Å². The Bertz CT molecular complexity index is 3130. The molecular weight excluding hydrogens is 1270 g/mol. The van der Waals surface area contributed by atoms with E-state index in [9.17, 15) is 28.8 Å². The summed E-state index contributed by atoms with van der Waals surface area (Å²) in [5.74, 6) is 0.183. The molecule has 0 spiro atoms. The van der Waals surface area contributed by atoms with E-state index in [2.05, 4.69) is 117 Å². The molecule has 6 aromatic rings. The molecule has 34 heteroatoms. The lowest BCUT2D eigenvalue weighted by Crippen LogP contribution is -2.28. The van der Waals surface area contributed by atoms with E-state index in [4.69, 9.17) is 55.6 Å². The highest BCUT2D eigenvalue weighted by molar-refractivity contribution is 5.95. The van der Waals surface area contributed by atoms with Gasteiger partial charge in [-0.3, -0.25) is 28.8 Å². The smallest absolute Gasteiger partial charge is 0.314 e. The van der Waals surface area contributed by atoms with Gasteiger partial charge in [0.05, 0.1) is 77.5 Å². The summed E-state index contributed by atoms with van der Waals surface area (Å²) in [7, 11) is 20.9. The zero-order valence-electron chi connectivity index (χ0n) is 60.2. The molecule has 0 aliphatic heterocycles. The standard InChI is InChI=1S/C12H21N3O3.2C11H19N3O3.C10H17N3O3.C10H16N2O3.C9H14N2O3/c1-5-15(3)8-6-7-13-11(16)10-9(2)12(17-4)18-14-10;1-8-9(13-17-11(8)16-4)10(15)12-6-5-7-14(2)3;1-4-14(2)7-5-6-12-11(15)9-8-10(16-3)17-13-9;1-13(2)6-4-5-11-10(14)8-7-9(15-3)16-12-8;1-4-5-6-11-9(13)8-7(2)10(14-3)15-12-8;1-3-4-5-10-9(12)7-6-8(13-2)14-11-7/h5-8H2,1-4H3,(H,13,16);5-7H2,1-4H3,(H,12,15);8H,4-7H2,1-3H3,(H,12,15);7H,4-6H2,1-3H3,(H,11,14);4-6H2,1-3H3,(H,11,13);6H,3-5H2,1-2H3,(H,10,12). The average molecular weight is 1380 g/mol. The molecule has 0 aliphatic rings. The van der Waals surface area contributed by atoms with Crippen molar-refractivity contribution in [3.8, 4) is 35.7 Å². The maximum absolute atomic E-state index is 11.8. The molecule has 0 aromatic carbocycles. The van der Waals surface area contributed by atoms with Gasteiger partial charge in [-0.1, -0.05) is 71.5 Å². The number of methoxy groups -OCH3 is 6. The Kier molecular flexibility index (Phi) is 44.3. The topological polar surface area (TPSA) is 399 Å². The fraction of sp³-hybridized carbons (Fsp3) is 0.619. The first-order chi connectivity index (χ1) is 46.4. The SMILES string of the molecule is CCCCNC(=O)c1cc(OC)on1.CCCCNC(=O)c1noc(OC)c1C.CCN(C)CCCNC(=O)c1cc(OC)on1.CCN(C)CCCNC(=O)c1noc(OC)c1C.COc1cc(C(=O)NCCCN(C)C)no1.COc1onc(C(=O)NCCCN(C)C)c1C. The fourth-order valence-electron chi connectivity index (χ4n) is 7.45. The number of nitrogens with one attached hydrogen (secondary N) is 6. The van der Waals surface area contributed by atoms with Gasteiger partial charge in [0.2, 0.25) is 0 Å². The van der Waals surface area contributed by atoms with Crippen LogP contribution < -0.4 is 60.3 Å². The molecule has 546 valence electrons. The summed E-state index contributed by atoms with van der Waals surface area (Å²) >= 11 is 0. The number of amides is 6. The highest BCUT2D eigenvalue weighted by Gasteiger charge is 2.22. The number of hydrogen-bond acceptors (Lipinski definition) is 28. The maximum atomic E-state index is 11.8. The molecule has 0 bridgehead atoms. The highest BCUT2D eigenvalue weighted by atomic mass is 16.6. The Morgan fingerprint density at radius 1 is 0.351 bits per heavy atom. The molecule has 6 amide bonds. The van der Waals surface area contributed by atoms with E-state index in [1.165, 1.54) is 60.9 Å². The van der Waals surface area contributed by atoms with Gasteiger partial charge in [-0.15, -0.1) is 0 Å². The Labute approximate surface area is 568 Å². The second kappa shape index (κ2) is 50.2. The van der Waals surface area contributed by atoms with Crippen LogP contribution in [-0.2, 0) is 0 Å². The van der Waals surface area contributed by atoms with Crippen LogP contribution in [0.1, 0.15) is 159 Å². The Morgan fingerprint density at radius 3 is 0.804 bits per heavy atom. The lowest BCUT2D eigenvalue weighted by Gasteiger charge is -2.13. The van der Waals surface area contributed by atoms with E-state index >= 15 is 0 Å². The van der Waals surface area contributed by atoms with Gasteiger partial charge in [0.25, 0.3) is 35.4 Å². The van der Waals surface area contributed by atoms with Crippen LogP contribution in [0.5, 0.6) is 35.7 Å². The molecule has 0 aliphatic carbocycles. The normalized spacial score (nSPS) is 10.4. The maximum Gasteiger partial charge on any atom is 0.314 e. The quantitative estimate of drug-likeness (QED) is 0.0261. The third-order valence-corrected chi connectivity index (χ3v) is 13.5. The number of carbonyl (C=O) groups excluding carboxylic acids is 6. The highest BCUT2D eigenvalue weighted by Crippen LogP contribution is 2.22. The molecule has 97 heavy (non-hydrogen) atoms. The summed E-state index contributed by atoms with van der Waals surface area (Å²) in [4.78, 5) is 78.1. The van der Waals surface area contributed by atoms with E-state index < -0.39 is 0 Å². The first kappa shape index (κ1) is 85.7. The molecule has 0 atom stereocenters. The second-order valence-electron chi connectivity index (χ2n) is 21.7. The average Bonchev–Trinajstić information content (AvgIpc) is 1.76. The van der Waals surface area contributed by atoms with Crippen molar-refractivity contribution in [2.75, 3.05) is 163 Å². The summed E-state index contributed by atoms with van der Waals surface area (Å²) < 4.78 is 57.9. The van der Waals surface area contributed by atoms with Crippen molar-refractivity contribution < 1.29 is 84.3 Å². The Hall–Kier alpha value is -9.28. The molecule has 0 saturated carbocycles. The minimum Gasteiger partial charge on any atom is -0.467 e. The van der Waals surface area contributed by atoms with Crippen LogP contribution in [0.3, 0.4) is 0 Å². The predicted molar refractivity (Wildman–Crippen MR) is 358 cm³/mol. The molecule has 6 rings (SSSR count). The molecule has 6 N–H and O–H groups in total. The van der Waals surface area contributed by atoms with Gasteiger partial charge in [-0.25, -0.2) is 0 Å². The number of nitrogens with zero attached hydrogens (tertiary/aromatic N) is 10. The van der Waals surface area contributed by atoms with Crippen molar-refractivity contribution in [3.63, 3.8) is 0 Å². The molecule has 6 heterocycles. The molecule has 0 fully saturated rings. The largest absolute Gasteiger partial charge is 0.467 e. The van der Waals surface area contributed by atoms with Crippen molar-refractivity contribution in [2.45, 2.75) is 99.8 Å². The number of unbranched alkanes of at least 4 members (excludes halogenated alkanes) is 2. The van der Waals surface area contributed by atoms with Crippen LogP contribution in [0.25, 0.3) is 0 Å². The Morgan fingerprint density at radius 2 is 0.598 bits per heavy atom. The second-order valence-corrected chi connectivity index (χ2v) is 21.7. The van der Waals surface area contributed by atoms with Gasteiger partial charge in [-0.2, -0.15) is 0 Å². The lowest BCUT2D eigenvalue weighted by atomic mass is 10.2. The summed E-state index contributed by atoms with van der Waals surface area (Å²) in [5, 5.41) is 38.4. The molecule has 0 radical (unpaired) electrons. The van der Waals surface area contributed by atoms with Crippen LogP contribution in [0.15, 0.2) is 45.3 Å². The van der Waals surface area contributed by atoms with E-state index in [1.54, 1.807) is 20.8 Å². The minimum atomic E-state index is -0.245. The fourth-order valence-corrected chi connectivity index (χ4v) is 7.45. The van der Waals surface area contributed by atoms with Gasteiger partial charge in [0, 0.05) is 39.3 Å². The number of hydrogen-bond donors (Lipinski definition) is 6. The molecule has 34 nitrogen and oxygen atoms in total. The number of rotatable bonds is 36. The molecule has 6 aromatic heterocycles. The molecule has 0 unspecified atom stereocenters. The number of carbonyl (C=O) groups is 6. The van der Waals surface area contributed by atoms with Crippen molar-refractivity contribution in [1.82, 2.24) is 82.4 Å². The zero-order chi connectivity index (χ0) is 72.7. The zero-order valence-corrected chi connectivity index (χ0v) is 60.2. The van der Waals surface area contributed by atoms with E-state index in [-0.39, 0.29) is 99.6 Å². The summed E-state index contributed by atoms with van der Waals surface area (Å²) in [5.41, 5.74) is 3.47. The first-order valence-electron chi connectivity index (χ1n) is 31.8. The van der Waals surface area contributed by atoms with Crippen LogP contribution in [0.2, 0.25) is 0 Å². The van der Waals surface area contributed by atoms with E-state index in [1.807, 2.05) is 35.2 Å². The van der Waals surface area contributed by atoms with Gasteiger partial charge in [-0.05, 0) is 141 Å². The molecular formula is C63H106N16O18. The van der Waals surface area contributed by atoms with Gasteiger partial charge in [0.15, 0.2) is 34.2 Å². The lowest BCUT2D eigenvalue weighted by molar-refractivity contribution is 0.0934. The van der Waals surface area contributed by atoms with Crippen LogP contribution in [-0.4, -0.2) is 249 Å². The monoisotopic (exact) mass is 1370 g/mol. The van der Waals surface area contributed by atoms with E-state index in [0.29, 0.717) is 61.7 Å². The summed E-state index contributed by atoms with van der Waals surface area (Å²) in [6.45, 7) is 23.1. The third kappa shape index (κ3) is 34.3. The van der Waals surface area contributed by atoms with Crippen molar-refractivity contribution in [1.29, 1.82) is 0 Å². The van der Waals surface area contributed by atoms with Gasteiger partial charge in [0.1, 0.15) is 0 Å². The van der Waals surface area contributed by atoms with Crippen molar-refractivity contribution in [3.05, 3.63) is 69.1 Å². The van der Waals surface area contributed by atoms with Crippen LogP contribution >= 0.6 is 0 Å². The van der Waals surface area contributed by atoms with Crippen molar-refractivity contribution >= 4 is 35.4 Å².